The van der Waals surface area contributed by atoms with E-state index < -0.39 is 35.9 Å². The number of primary amides is 1. The van der Waals surface area contributed by atoms with Crippen LogP contribution in [0.2, 0.25) is 0 Å². The van der Waals surface area contributed by atoms with Gasteiger partial charge in [-0.2, -0.15) is 0 Å². The molecule has 0 bridgehead atoms. The quantitative estimate of drug-likeness (QED) is 0.303. The van der Waals surface area contributed by atoms with Gasteiger partial charge in [0.25, 0.3) is 0 Å². The molecule has 12 heteroatoms. The lowest BCUT2D eigenvalue weighted by Crippen LogP contribution is -2.30. The van der Waals surface area contributed by atoms with Crippen LogP contribution in [0, 0.1) is 0 Å². The highest BCUT2D eigenvalue weighted by Gasteiger charge is 2.12. The molecule has 0 radical (unpaired) electrons. The summed E-state index contributed by atoms with van der Waals surface area (Å²) >= 11 is 0. The third-order valence-electron chi connectivity index (χ3n) is 1.89. The molecule has 0 aliphatic carbocycles. The summed E-state index contributed by atoms with van der Waals surface area (Å²) in [5.74, 6) is -3.79. The van der Waals surface area contributed by atoms with Gasteiger partial charge in [-0.05, 0) is 6.42 Å². The number of nitrogens with two attached hydrogens (primary N) is 3. The van der Waals surface area contributed by atoms with Crippen molar-refractivity contribution in [1.82, 2.24) is 0 Å². The summed E-state index contributed by atoms with van der Waals surface area (Å²) in [4.78, 5) is 40.0. The molecule has 22 heavy (non-hydrogen) atoms. The van der Waals surface area contributed by atoms with Crippen molar-refractivity contribution in [2.45, 2.75) is 37.8 Å². The largest absolute Gasteiger partial charge is 0.481 e. The third kappa shape index (κ3) is 23.5. The zero-order valence-corrected chi connectivity index (χ0v) is 13.1. The fourth-order valence-electron chi connectivity index (χ4n) is 0.957. The van der Waals surface area contributed by atoms with Crippen molar-refractivity contribution in [3.63, 3.8) is 0 Å². The van der Waals surface area contributed by atoms with Crippen molar-refractivity contribution in [2.75, 3.05) is 0 Å². The monoisotopic (exact) mass is 365 g/mol. The first-order chi connectivity index (χ1) is 9.06. The van der Waals surface area contributed by atoms with Crippen LogP contribution in [0.5, 0.6) is 0 Å². The highest BCUT2D eigenvalue weighted by Crippen LogP contribution is 1.93. The Kier molecular flexibility index (Phi) is 20.4. The minimum atomic E-state index is -1.17. The van der Waals surface area contributed by atoms with Gasteiger partial charge in [-0.15, -0.1) is 24.8 Å². The van der Waals surface area contributed by atoms with Crippen molar-refractivity contribution in [3.05, 3.63) is 0 Å². The number of hydrogen-bond acceptors (Lipinski definition) is 6. The van der Waals surface area contributed by atoms with E-state index in [1.54, 1.807) is 0 Å². The molecule has 0 aromatic carbocycles. The lowest BCUT2D eigenvalue weighted by Gasteiger charge is -2.03. The average molecular weight is 366 g/mol. The molecular formula is C10H21Cl2N3O7. The zero-order valence-electron chi connectivity index (χ0n) is 11.5. The summed E-state index contributed by atoms with van der Waals surface area (Å²) in [5, 5.41) is 24.4. The van der Waals surface area contributed by atoms with Gasteiger partial charge in [0.15, 0.2) is 0 Å². The number of aliphatic carboxylic acids is 3. The number of carbonyl (C=O) groups excluding carboxylic acids is 1. The SMILES string of the molecule is Cl.Cl.NC(=O)C[C@H](N)CC(=O)O.N[C@@H](CCC(=O)O)C(=O)O. The van der Waals surface area contributed by atoms with Crippen LogP contribution in [-0.4, -0.2) is 51.2 Å². The van der Waals surface area contributed by atoms with Gasteiger partial charge in [0.1, 0.15) is 6.04 Å². The molecule has 0 rings (SSSR count). The Hall–Kier alpha value is -1.62. The van der Waals surface area contributed by atoms with E-state index in [0.29, 0.717) is 0 Å². The summed E-state index contributed by atoms with van der Waals surface area (Å²) < 4.78 is 0. The number of rotatable bonds is 8. The van der Waals surface area contributed by atoms with Crippen molar-refractivity contribution in [2.24, 2.45) is 17.2 Å². The Labute approximate surface area is 138 Å². The van der Waals surface area contributed by atoms with E-state index in [9.17, 15) is 19.2 Å². The molecule has 0 aliphatic rings. The van der Waals surface area contributed by atoms with Crippen LogP contribution in [0.3, 0.4) is 0 Å². The van der Waals surface area contributed by atoms with Crippen LogP contribution in [0.1, 0.15) is 25.7 Å². The van der Waals surface area contributed by atoms with Crippen LogP contribution >= 0.6 is 24.8 Å². The summed E-state index contributed by atoms with van der Waals surface area (Å²) in [7, 11) is 0. The minimum absolute atomic E-state index is 0. The molecule has 2 atom stereocenters. The van der Waals surface area contributed by atoms with Gasteiger partial charge in [0, 0.05) is 18.9 Å². The number of carboxylic acid groups (broad SMARTS) is 3. The Balaban J connectivity index is -0.000000135. The summed E-state index contributed by atoms with van der Waals surface area (Å²) in [6.45, 7) is 0. The van der Waals surface area contributed by atoms with Crippen LogP contribution in [0.25, 0.3) is 0 Å². The van der Waals surface area contributed by atoms with Crippen molar-refractivity contribution < 1.29 is 34.5 Å². The first-order valence-electron chi connectivity index (χ1n) is 5.52. The molecule has 0 fully saturated rings. The lowest BCUT2D eigenvalue weighted by molar-refractivity contribution is -0.140. The van der Waals surface area contributed by atoms with Gasteiger partial charge in [-0.3, -0.25) is 19.2 Å². The molecule has 9 N–H and O–H groups in total. The topological polar surface area (TPSA) is 207 Å². The summed E-state index contributed by atoms with van der Waals surface area (Å²) in [6.07, 6.45) is -0.520. The van der Waals surface area contributed by atoms with Gasteiger partial charge in [-0.25, -0.2) is 0 Å². The molecule has 0 aromatic heterocycles. The number of amides is 1. The molecule has 132 valence electrons. The standard InChI is InChI=1S/C5H10N2O3.C5H9NO4.2ClH/c6-3(1-4(7)8)2-5(9)10;6-3(5(9)10)1-2-4(7)8;;/h3H,1-2,6H2,(H2,7,8)(H,9,10);3H,1-2,6H2,(H,7,8)(H,9,10);2*1H/t2*3-;;/m00../s1. The molecule has 1 amide bonds. The Bertz CT molecular complexity index is 352. The summed E-state index contributed by atoms with van der Waals surface area (Å²) in [5.41, 5.74) is 15.0. The van der Waals surface area contributed by atoms with Gasteiger partial charge in [0.05, 0.1) is 6.42 Å². The number of carboxylic acids is 3. The molecule has 0 aromatic rings. The average Bonchev–Trinajstić information content (AvgIpc) is 2.23. The highest BCUT2D eigenvalue weighted by molar-refractivity contribution is 5.85. The maximum absolute atomic E-state index is 10.1. The second-order valence-electron chi connectivity index (χ2n) is 3.91. The first kappa shape index (κ1) is 28.5. The summed E-state index contributed by atoms with van der Waals surface area (Å²) in [6, 6.07) is -1.72. The van der Waals surface area contributed by atoms with E-state index in [1.807, 2.05) is 0 Å². The van der Waals surface area contributed by atoms with Crippen LogP contribution in [0.4, 0.5) is 0 Å². The smallest absolute Gasteiger partial charge is 0.320 e. The van der Waals surface area contributed by atoms with Crippen molar-refractivity contribution in [1.29, 1.82) is 0 Å². The fraction of sp³-hybridized carbons (Fsp3) is 0.600. The number of halogens is 2. The van der Waals surface area contributed by atoms with Gasteiger partial charge < -0.3 is 32.5 Å². The van der Waals surface area contributed by atoms with E-state index in [2.05, 4.69) is 0 Å². The third-order valence-corrected chi connectivity index (χ3v) is 1.89. The molecule has 0 aliphatic heterocycles. The maximum atomic E-state index is 10.1. The molecule has 0 saturated heterocycles. The highest BCUT2D eigenvalue weighted by atomic mass is 35.5. The van der Waals surface area contributed by atoms with Gasteiger partial charge in [0.2, 0.25) is 5.91 Å². The predicted molar refractivity (Wildman–Crippen MR) is 81.0 cm³/mol. The predicted octanol–water partition coefficient (Wildman–Crippen LogP) is -1.23. The second kappa shape index (κ2) is 15.8. The van der Waals surface area contributed by atoms with E-state index in [1.165, 1.54) is 0 Å². The molecule has 0 saturated carbocycles. The zero-order chi connectivity index (χ0) is 16.3. The van der Waals surface area contributed by atoms with Crippen LogP contribution in [0.15, 0.2) is 0 Å². The minimum Gasteiger partial charge on any atom is -0.481 e. The molecule has 0 spiro atoms. The Morgan fingerprint density at radius 2 is 1.32 bits per heavy atom. The Morgan fingerprint density at radius 1 is 0.864 bits per heavy atom. The van der Waals surface area contributed by atoms with Crippen molar-refractivity contribution >= 4 is 48.6 Å². The second-order valence-corrected chi connectivity index (χ2v) is 3.91. The molecule has 0 unspecified atom stereocenters. The normalized spacial score (nSPS) is 11.4. The van der Waals surface area contributed by atoms with Crippen LogP contribution < -0.4 is 17.2 Å². The number of carbonyl (C=O) groups is 4. The van der Waals surface area contributed by atoms with Gasteiger partial charge in [-0.1, -0.05) is 0 Å². The fourth-order valence-corrected chi connectivity index (χ4v) is 0.957. The van der Waals surface area contributed by atoms with Gasteiger partial charge >= 0.3 is 17.9 Å². The molecule has 0 heterocycles. The lowest BCUT2D eigenvalue weighted by atomic mass is 10.1. The van der Waals surface area contributed by atoms with E-state index in [0.717, 1.165) is 0 Å². The van der Waals surface area contributed by atoms with E-state index in [4.69, 9.17) is 32.5 Å². The maximum Gasteiger partial charge on any atom is 0.320 e. The first-order valence-corrected chi connectivity index (χ1v) is 5.52. The number of hydrogen-bond donors (Lipinski definition) is 6. The van der Waals surface area contributed by atoms with Crippen molar-refractivity contribution in [3.8, 4) is 0 Å². The van der Waals surface area contributed by atoms with E-state index in [-0.39, 0.29) is 50.5 Å². The van der Waals surface area contributed by atoms with Crippen LogP contribution in [-0.2, 0) is 19.2 Å². The van der Waals surface area contributed by atoms with E-state index >= 15 is 0 Å². The molecule has 10 nitrogen and oxygen atoms in total. The Morgan fingerprint density at radius 3 is 1.59 bits per heavy atom. The molecular weight excluding hydrogens is 345 g/mol.